The van der Waals surface area contributed by atoms with E-state index >= 15 is 0 Å². The number of Topliss-reactive ketones (excluding diaryl/α,β-unsaturated/α-hetero) is 1. The van der Waals surface area contributed by atoms with Crippen LogP contribution in [0.5, 0.6) is 0 Å². The van der Waals surface area contributed by atoms with E-state index in [0.29, 0.717) is 10.7 Å². The van der Waals surface area contributed by atoms with Crippen molar-refractivity contribution in [2.24, 2.45) is 0 Å². The van der Waals surface area contributed by atoms with Gasteiger partial charge in [-0.25, -0.2) is 4.98 Å². The zero-order valence-electron chi connectivity index (χ0n) is 16.0. The lowest BCUT2D eigenvalue weighted by atomic mass is 9.95. The molecule has 1 fully saturated rings. The van der Waals surface area contributed by atoms with E-state index in [2.05, 4.69) is 20.9 Å². The second kappa shape index (κ2) is 7.76. The van der Waals surface area contributed by atoms with E-state index in [1.807, 2.05) is 54.6 Å². The number of benzene rings is 3. The maximum absolute atomic E-state index is 13.2. The van der Waals surface area contributed by atoms with Gasteiger partial charge in [0.15, 0.2) is 5.13 Å². The summed E-state index contributed by atoms with van der Waals surface area (Å²) in [7, 11) is 0. The molecule has 1 N–H and O–H groups in total. The van der Waals surface area contributed by atoms with Gasteiger partial charge in [-0.1, -0.05) is 87.9 Å². The molecule has 0 bridgehead atoms. The van der Waals surface area contributed by atoms with E-state index < -0.39 is 17.7 Å². The summed E-state index contributed by atoms with van der Waals surface area (Å²) in [6.45, 7) is 0. The van der Waals surface area contributed by atoms with Gasteiger partial charge in [0, 0.05) is 10.0 Å². The highest BCUT2D eigenvalue weighted by molar-refractivity contribution is 9.10. The predicted molar refractivity (Wildman–Crippen MR) is 125 cm³/mol. The molecular formula is C24H15BrN2O3S. The number of fused-ring (bicyclic) bond motifs is 1. The van der Waals surface area contributed by atoms with E-state index in [1.54, 1.807) is 24.3 Å². The topological polar surface area (TPSA) is 70.5 Å². The van der Waals surface area contributed by atoms with Crippen LogP contribution in [0.1, 0.15) is 17.2 Å². The lowest BCUT2D eigenvalue weighted by molar-refractivity contribution is -0.132. The molecule has 1 aliphatic rings. The molecule has 1 saturated heterocycles. The number of carbonyl (C=O) groups is 2. The number of halogens is 1. The van der Waals surface area contributed by atoms with E-state index in [9.17, 15) is 14.7 Å². The molecular weight excluding hydrogens is 476 g/mol. The molecule has 7 heteroatoms. The van der Waals surface area contributed by atoms with Crippen molar-refractivity contribution in [1.82, 2.24) is 4.98 Å². The molecule has 0 saturated carbocycles. The molecule has 1 atom stereocenters. The molecule has 2 heterocycles. The Hall–Kier alpha value is -3.29. The van der Waals surface area contributed by atoms with Gasteiger partial charge in [-0.15, -0.1) is 0 Å². The maximum atomic E-state index is 13.2. The predicted octanol–water partition coefficient (Wildman–Crippen LogP) is 5.69. The Bertz CT molecular complexity index is 1350. The molecule has 152 valence electrons. The third kappa shape index (κ3) is 3.36. The summed E-state index contributed by atoms with van der Waals surface area (Å²) in [6, 6.07) is 22.9. The fraction of sp³-hybridized carbons (Fsp3) is 0.0417. The minimum Gasteiger partial charge on any atom is -0.507 e. The zero-order valence-corrected chi connectivity index (χ0v) is 18.4. The third-order valence-corrected chi connectivity index (χ3v) is 6.66. The van der Waals surface area contributed by atoms with E-state index in [4.69, 9.17) is 0 Å². The van der Waals surface area contributed by atoms with Crippen molar-refractivity contribution in [3.05, 3.63) is 100 Å². The Kier molecular flexibility index (Phi) is 4.92. The standard InChI is InChI=1S/C24H15BrN2O3S/c25-16-11-12-17-18(13-16)31-24(26-17)27-20(14-7-3-1-4-8-14)19(22(29)23(27)30)21(28)15-9-5-2-6-10-15/h1-13,20,28H/b21-19+. The molecule has 1 amide bonds. The van der Waals surface area contributed by atoms with Crippen molar-refractivity contribution >= 4 is 60.1 Å². The minimum atomic E-state index is -0.773. The number of aliphatic hydroxyl groups is 1. The van der Waals surface area contributed by atoms with Crippen LogP contribution >= 0.6 is 27.3 Å². The number of amides is 1. The number of anilines is 1. The van der Waals surface area contributed by atoms with Crippen molar-refractivity contribution in [3.63, 3.8) is 0 Å². The third-order valence-electron chi connectivity index (χ3n) is 5.15. The van der Waals surface area contributed by atoms with Crippen LogP contribution in [-0.4, -0.2) is 21.8 Å². The van der Waals surface area contributed by atoms with Crippen LogP contribution in [0.2, 0.25) is 0 Å². The number of thiazole rings is 1. The Labute approximate surface area is 190 Å². The number of hydrogen-bond donors (Lipinski definition) is 1. The van der Waals surface area contributed by atoms with Gasteiger partial charge in [0.1, 0.15) is 5.76 Å². The average Bonchev–Trinajstić information content (AvgIpc) is 3.32. The molecule has 1 aromatic heterocycles. The largest absolute Gasteiger partial charge is 0.507 e. The molecule has 0 aliphatic carbocycles. The molecule has 5 rings (SSSR count). The number of carbonyl (C=O) groups excluding carboxylic acids is 2. The Morgan fingerprint density at radius 2 is 1.65 bits per heavy atom. The second-order valence-corrected chi connectivity index (χ2v) is 8.98. The smallest absolute Gasteiger partial charge is 0.301 e. The minimum absolute atomic E-state index is 0.0582. The number of rotatable bonds is 3. The summed E-state index contributed by atoms with van der Waals surface area (Å²) >= 11 is 4.78. The summed E-state index contributed by atoms with van der Waals surface area (Å²) < 4.78 is 1.79. The molecule has 4 aromatic rings. The monoisotopic (exact) mass is 490 g/mol. The van der Waals surface area contributed by atoms with E-state index in [1.165, 1.54) is 16.2 Å². The lowest BCUT2D eigenvalue weighted by Crippen LogP contribution is -2.29. The average molecular weight is 491 g/mol. The fourth-order valence-corrected chi connectivity index (χ4v) is 5.27. The Morgan fingerprint density at radius 3 is 2.35 bits per heavy atom. The molecule has 0 radical (unpaired) electrons. The fourth-order valence-electron chi connectivity index (χ4n) is 3.72. The van der Waals surface area contributed by atoms with Crippen LogP contribution in [0.4, 0.5) is 5.13 Å². The Balaban J connectivity index is 1.73. The molecule has 0 spiro atoms. The van der Waals surface area contributed by atoms with Crippen LogP contribution in [0, 0.1) is 0 Å². The maximum Gasteiger partial charge on any atom is 0.301 e. The highest BCUT2D eigenvalue weighted by Gasteiger charge is 2.48. The van der Waals surface area contributed by atoms with Gasteiger partial charge in [0.05, 0.1) is 21.8 Å². The number of nitrogens with zero attached hydrogens (tertiary/aromatic N) is 2. The first-order chi connectivity index (χ1) is 15.0. The quantitative estimate of drug-likeness (QED) is 0.227. The van der Waals surface area contributed by atoms with Crippen molar-refractivity contribution in [2.75, 3.05) is 4.90 Å². The second-order valence-electron chi connectivity index (χ2n) is 7.05. The summed E-state index contributed by atoms with van der Waals surface area (Å²) in [6.07, 6.45) is 0. The van der Waals surface area contributed by atoms with Crippen LogP contribution in [-0.2, 0) is 9.59 Å². The molecule has 1 unspecified atom stereocenters. The normalized spacial score (nSPS) is 18.1. The first kappa shape index (κ1) is 19.7. The summed E-state index contributed by atoms with van der Waals surface area (Å²) in [4.78, 5) is 32.3. The summed E-state index contributed by atoms with van der Waals surface area (Å²) in [5.74, 6) is -1.63. The number of aliphatic hydroxyl groups excluding tert-OH is 1. The van der Waals surface area contributed by atoms with Crippen molar-refractivity contribution < 1.29 is 14.7 Å². The summed E-state index contributed by atoms with van der Waals surface area (Å²) in [5.41, 5.74) is 2.00. The van der Waals surface area contributed by atoms with Crippen molar-refractivity contribution in [1.29, 1.82) is 0 Å². The first-order valence-corrected chi connectivity index (χ1v) is 11.1. The van der Waals surface area contributed by atoms with Gasteiger partial charge < -0.3 is 5.11 Å². The van der Waals surface area contributed by atoms with Gasteiger partial charge in [-0.2, -0.15) is 0 Å². The number of ketones is 1. The van der Waals surface area contributed by atoms with Crippen LogP contribution in [0.15, 0.2) is 88.9 Å². The van der Waals surface area contributed by atoms with Gasteiger partial charge in [0.25, 0.3) is 5.78 Å². The van der Waals surface area contributed by atoms with E-state index in [0.717, 1.165) is 20.3 Å². The van der Waals surface area contributed by atoms with Crippen LogP contribution in [0.3, 0.4) is 0 Å². The van der Waals surface area contributed by atoms with E-state index in [-0.39, 0.29) is 11.3 Å². The van der Waals surface area contributed by atoms with Gasteiger partial charge >= 0.3 is 5.91 Å². The number of hydrogen-bond acceptors (Lipinski definition) is 5. The van der Waals surface area contributed by atoms with Crippen LogP contribution in [0.25, 0.3) is 16.0 Å². The van der Waals surface area contributed by atoms with Crippen LogP contribution < -0.4 is 4.90 Å². The van der Waals surface area contributed by atoms with Gasteiger partial charge in [-0.05, 0) is 23.8 Å². The highest BCUT2D eigenvalue weighted by Crippen LogP contribution is 2.44. The molecule has 1 aliphatic heterocycles. The molecule has 3 aromatic carbocycles. The highest BCUT2D eigenvalue weighted by atomic mass is 79.9. The van der Waals surface area contributed by atoms with Gasteiger partial charge in [0.2, 0.25) is 0 Å². The number of aromatic nitrogens is 1. The zero-order chi connectivity index (χ0) is 21.5. The first-order valence-electron chi connectivity index (χ1n) is 9.52. The Morgan fingerprint density at radius 1 is 0.968 bits per heavy atom. The van der Waals surface area contributed by atoms with Gasteiger partial charge in [-0.3, -0.25) is 14.5 Å². The van der Waals surface area contributed by atoms with Crippen molar-refractivity contribution in [2.45, 2.75) is 6.04 Å². The SMILES string of the molecule is O=C1C(=O)N(c2nc3ccc(Br)cc3s2)C(c2ccccc2)/C1=C(\O)c1ccccc1. The molecule has 31 heavy (non-hydrogen) atoms. The molecule has 5 nitrogen and oxygen atoms in total. The lowest BCUT2D eigenvalue weighted by Gasteiger charge is -2.22. The summed E-state index contributed by atoms with van der Waals surface area (Å²) in [5, 5.41) is 11.5. The van der Waals surface area contributed by atoms with Crippen molar-refractivity contribution in [3.8, 4) is 0 Å².